The maximum atomic E-state index is 11.5. The predicted molar refractivity (Wildman–Crippen MR) is 53.2 cm³/mol. The van der Waals surface area contributed by atoms with Crippen molar-refractivity contribution >= 4 is 10.9 Å². The van der Waals surface area contributed by atoms with Crippen molar-refractivity contribution in [3.05, 3.63) is 21.7 Å². The molecule has 5 nitrogen and oxygen atoms in total. The van der Waals surface area contributed by atoms with Gasteiger partial charge in [0.15, 0.2) is 0 Å². The Kier molecular flexibility index (Phi) is 2.07. The van der Waals surface area contributed by atoms with Crippen LogP contribution in [0.4, 0.5) is 0 Å². The lowest BCUT2D eigenvalue weighted by molar-refractivity contribution is 0.873. The second-order valence-corrected chi connectivity index (χ2v) is 3.31. The monoisotopic (exact) mass is 192 g/mol. The molecule has 0 unspecified atom stereocenters. The third-order valence-corrected chi connectivity index (χ3v) is 2.24. The number of hydrogen-bond acceptors (Lipinski definition) is 3. The third-order valence-electron chi connectivity index (χ3n) is 2.24. The van der Waals surface area contributed by atoms with Gasteiger partial charge in [-0.1, -0.05) is 13.3 Å². The highest BCUT2D eigenvalue weighted by Gasteiger charge is 2.10. The average Bonchev–Trinajstić information content (AvgIpc) is 2.58. The molecule has 74 valence electrons. The largest absolute Gasteiger partial charge is 0.281 e. The van der Waals surface area contributed by atoms with Crippen molar-refractivity contribution in [2.24, 2.45) is 0 Å². The van der Waals surface area contributed by atoms with Gasteiger partial charge in [0.05, 0.1) is 11.1 Å². The second kappa shape index (κ2) is 3.25. The Hall–Kier alpha value is -1.65. The molecule has 0 saturated heterocycles. The minimum Gasteiger partial charge on any atom is -0.281 e. The minimum absolute atomic E-state index is 0.164. The number of aryl methyl sites for hydroxylation is 2. The van der Waals surface area contributed by atoms with E-state index in [0.29, 0.717) is 10.9 Å². The molecule has 2 aromatic heterocycles. The van der Waals surface area contributed by atoms with E-state index in [1.165, 1.54) is 0 Å². The Morgan fingerprint density at radius 2 is 2.07 bits per heavy atom. The fraction of sp³-hybridized carbons (Fsp3) is 0.444. The van der Waals surface area contributed by atoms with E-state index >= 15 is 0 Å². The van der Waals surface area contributed by atoms with E-state index in [9.17, 15) is 4.79 Å². The van der Waals surface area contributed by atoms with Crippen molar-refractivity contribution in [3.8, 4) is 0 Å². The van der Waals surface area contributed by atoms with Gasteiger partial charge in [0, 0.05) is 5.69 Å². The van der Waals surface area contributed by atoms with Crippen molar-refractivity contribution in [3.63, 3.8) is 0 Å². The molecular formula is C9H12N4O. The van der Waals surface area contributed by atoms with Crippen LogP contribution in [0.15, 0.2) is 4.79 Å². The number of nitrogens with one attached hydrogen (secondary N) is 2. The third kappa shape index (κ3) is 1.21. The Labute approximate surface area is 80.5 Å². The zero-order valence-corrected chi connectivity index (χ0v) is 8.22. The SMILES string of the molecule is CCCc1[nH]nc2c(C)n[nH]c(=O)c12. The molecule has 5 heteroatoms. The van der Waals surface area contributed by atoms with Crippen molar-refractivity contribution in [1.82, 2.24) is 20.4 Å². The van der Waals surface area contributed by atoms with Gasteiger partial charge in [-0.05, 0) is 13.3 Å². The van der Waals surface area contributed by atoms with Crippen molar-refractivity contribution in [1.29, 1.82) is 0 Å². The van der Waals surface area contributed by atoms with Crippen molar-refractivity contribution in [2.75, 3.05) is 0 Å². The average molecular weight is 192 g/mol. The Balaban J connectivity index is 2.77. The summed E-state index contributed by atoms with van der Waals surface area (Å²) < 4.78 is 0. The highest BCUT2D eigenvalue weighted by Crippen LogP contribution is 2.13. The van der Waals surface area contributed by atoms with Crippen LogP contribution < -0.4 is 5.56 Å². The van der Waals surface area contributed by atoms with E-state index in [0.717, 1.165) is 24.2 Å². The lowest BCUT2D eigenvalue weighted by Gasteiger charge is -1.94. The normalized spacial score (nSPS) is 11.0. The zero-order valence-electron chi connectivity index (χ0n) is 8.22. The van der Waals surface area contributed by atoms with E-state index in [4.69, 9.17) is 0 Å². The van der Waals surface area contributed by atoms with Crippen LogP contribution in [0, 0.1) is 6.92 Å². The maximum Gasteiger partial charge on any atom is 0.275 e. The molecule has 2 N–H and O–H groups in total. The fourth-order valence-electron chi connectivity index (χ4n) is 1.56. The molecular weight excluding hydrogens is 180 g/mol. The first kappa shape index (κ1) is 8.93. The molecule has 0 aliphatic heterocycles. The number of hydrogen-bond donors (Lipinski definition) is 2. The van der Waals surface area contributed by atoms with Crippen LogP contribution in [0.3, 0.4) is 0 Å². The van der Waals surface area contributed by atoms with Crippen LogP contribution >= 0.6 is 0 Å². The molecule has 0 saturated carbocycles. The van der Waals surface area contributed by atoms with Gasteiger partial charge < -0.3 is 0 Å². The number of fused-ring (bicyclic) bond motifs is 1. The van der Waals surface area contributed by atoms with Gasteiger partial charge in [0.2, 0.25) is 0 Å². The van der Waals surface area contributed by atoms with E-state index in [1.807, 2.05) is 6.92 Å². The first-order chi connectivity index (χ1) is 6.74. The fourth-order valence-corrected chi connectivity index (χ4v) is 1.56. The molecule has 0 aliphatic rings. The molecule has 2 heterocycles. The summed E-state index contributed by atoms with van der Waals surface area (Å²) in [5.74, 6) is 0. The molecule has 0 bridgehead atoms. The molecule has 0 fully saturated rings. The van der Waals surface area contributed by atoms with Crippen LogP contribution in [-0.4, -0.2) is 20.4 Å². The first-order valence-electron chi connectivity index (χ1n) is 4.66. The van der Waals surface area contributed by atoms with Gasteiger partial charge in [-0.2, -0.15) is 10.2 Å². The number of nitrogens with zero attached hydrogens (tertiary/aromatic N) is 2. The van der Waals surface area contributed by atoms with E-state index in [2.05, 4.69) is 27.3 Å². The van der Waals surface area contributed by atoms with Crippen LogP contribution in [-0.2, 0) is 6.42 Å². The molecule has 14 heavy (non-hydrogen) atoms. The highest BCUT2D eigenvalue weighted by atomic mass is 16.1. The van der Waals surface area contributed by atoms with Gasteiger partial charge in [-0.25, -0.2) is 5.10 Å². The van der Waals surface area contributed by atoms with Crippen molar-refractivity contribution in [2.45, 2.75) is 26.7 Å². The molecule has 0 atom stereocenters. The molecule has 0 spiro atoms. The number of rotatable bonds is 2. The lowest BCUT2D eigenvalue weighted by Crippen LogP contribution is -2.10. The van der Waals surface area contributed by atoms with Crippen molar-refractivity contribution < 1.29 is 0 Å². The summed E-state index contributed by atoms with van der Waals surface area (Å²) in [6.07, 6.45) is 1.82. The lowest BCUT2D eigenvalue weighted by atomic mass is 10.2. The van der Waals surface area contributed by atoms with Gasteiger partial charge in [0.1, 0.15) is 5.52 Å². The Morgan fingerprint density at radius 3 is 2.79 bits per heavy atom. The highest BCUT2D eigenvalue weighted by molar-refractivity contribution is 5.81. The molecule has 2 aromatic rings. The Morgan fingerprint density at radius 1 is 1.29 bits per heavy atom. The molecule has 2 rings (SSSR count). The van der Waals surface area contributed by atoms with Crippen LogP contribution in [0.1, 0.15) is 24.7 Å². The molecule has 0 aliphatic carbocycles. The van der Waals surface area contributed by atoms with E-state index < -0.39 is 0 Å². The van der Waals surface area contributed by atoms with Gasteiger partial charge >= 0.3 is 0 Å². The van der Waals surface area contributed by atoms with Crippen LogP contribution in [0.25, 0.3) is 10.9 Å². The number of aromatic amines is 2. The van der Waals surface area contributed by atoms with Crippen LogP contribution in [0.5, 0.6) is 0 Å². The summed E-state index contributed by atoms with van der Waals surface area (Å²) in [7, 11) is 0. The maximum absolute atomic E-state index is 11.5. The first-order valence-corrected chi connectivity index (χ1v) is 4.66. The Bertz CT molecular complexity index is 511. The summed E-state index contributed by atoms with van der Waals surface area (Å²) in [6, 6.07) is 0. The summed E-state index contributed by atoms with van der Waals surface area (Å²) in [5, 5.41) is 14.0. The van der Waals surface area contributed by atoms with E-state index in [1.54, 1.807) is 0 Å². The predicted octanol–water partition coefficient (Wildman–Crippen LogP) is 0.907. The second-order valence-electron chi connectivity index (χ2n) is 3.31. The van der Waals surface area contributed by atoms with Gasteiger partial charge in [-0.3, -0.25) is 9.89 Å². The number of aromatic nitrogens is 4. The van der Waals surface area contributed by atoms with Crippen LogP contribution in [0.2, 0.25) is 0 Å². The summed E-state index contributed by atoms with van der Waals surface area (Å²) in [6.45, 7) is 3.89. The van der Waals surface area contributed by atoms with Gasteiger partial charge in [0.25, 0.3) is 5.56 Å². The summed E-state index contributed by atoms with van der Waals surface area (Å²) >= 11 is 0. The van der Waals surface area contributed by atoms with Gasteiger partial charge in [-0.15, -0.1) is 0 Å². The molecule has 0 amide bonds. The number of H-pyrrole nitrogens is 2. The molecule has 0 aromatic carbocycles. The standard InChI is InChI=1S/C9H12N4O/c1-3-4-6-7-8(12-11-6)5(2)10-13-9(7)14/h3-4H2,1-2H3,(H,11,12)(H,13,14). The van der Waals surface area contributed by atoms with E-state index in [-0.39, 0.29) is 5.56 Å². The summed E-state index contributed by atoms with van der Waals surface area (Å²) in [4.78, 5) is 11.5. The smallest absolute Gasteiger partial charge is 0.275 e. The molecule has 0 radical (unpaired) electrons. The zero-order chi connectivity index (χ0) is 10.1. The minimum atomic E-state index is -0.164. The quantitative estimate of drug-likeness (QED) is 0.742. The summed E-state index contributed by atoms with van der Waals surface area (Å²) in [5.41, 5.74) is 2.16. The topological polar surface area (TPSA) is 74.4 Å².